The topological polar surface area (TPSA) is 80.2 Å². The Labute approximate surface area is 130 Å². The third kappa shape index (κ3) is 4.18. The van der Waals surface area contributed by atoms with Gasteiger partial charge in [0.15, 0.2) is 15.8 Å². The summed E-state index contributed by atoms with van der Waals surface area (Å²) >= 11 is 2.95. The van der Waals surface area contributed by atoms with Crippen LogP contribution in [0.2, 0.25) is 0 Å². The second-order valence-corrected chi connectivity index (χ2v) is 7.02. The highest BCUT2D eigenvalue weighted by Gasteiger charge is 2.21. The minimum Gasteiger partial charge on any atom is -0.481 e. The molecule has 0 saturated carbocycles. The number of carbonyl (C=O) groups is 2. The number of rotatable bonds is 7. The van der Waals surface area contributed by atoms with Crippen molar-refractivity contribution < 1.29 is 14.7 Å². The van der Waals surface area contributed by atoms with Crippen molar-refractivity contribution in [2.75, 3.05) is 0 Å². The van der Waals surface area contributed by atoms with Crippen LogP contribution in [0.5, 0.6) is 0 Å². The number of ketones is 1. The van der Waals surface area contributed by atoms with Crippen LogP contribution in [0.4, 0.5) is 0 Å². The molecule has 7 heteroatoms. The molecule has 112 valence electrons. The minimum absolute atomic E-state index is 0.0124. The number of aromatic nitrogens is 2. The molecule has 0 unspecified atom stereocenters. The number of aliphatic carboxylic acids is 1. The number of carboxylic acid groups (broad SMARTS) is 1. The first-order valence-electron chi connectivity index (χ1n) is 6.62. The summed E-state index contributed by atoms with van der Waals surface area (Å²) in [5.41, 5.74) is 0.417. The van der Waals surface area contributed by atoms with Crippen molar-refractivity contribution >= 4 is 34.4 Å². The van der Waals surface area contributed by atoms with Crippen LogP contribution >= 0.6 is 22.7 Å². The smallest absolute Gasteiger partial charge is 0.303 e. The molecule has 2 rings (SSSR count). The molecule has 0 fully saturated rings. The van der Waals surface area contributed by atoms with Gasteiger partial charge in [-0.25, -0.2) is 9.97 Å². The second-order valence-electron chi connectivity index (χ2n) is 5.04. The number of hydrogen-bond donors (Lipinski definition) is 1. The Morgan fingerprint density at radius 3 is 2.62 bits per heavy atom. The molecule has 0 aliphatic carbocycles. The third-order valence-electron chi connectivity index (χ3n) is 2.74. The molecule has 0 saturated heterocycles. The van der Waals surface area contributed by atoms with Gasteiger partial charge in [0.2, 0.25) is 0 Å². The maximum atomic E-state index is 12.2. The third-order valence-corrected chi connectivity index (χ3v) is 4.73. The average Bonchev–Trinajstić information content (AvgIpc) is 3.03. The molecule has 21 heavy (non-hydrogen) atoms. The number of carboxylic acids is 1. The quantitative estimate of drug-likeness (QED) is 0.788. The number of nitrogens with zero attached hydrogens (tertiary/aromatic N) is 2. The van der Waals surface area contributed by atoms with Gasteiger partial charge in [-0.1, -0.05) is 13.8 Å². The summed E-state index contributed by atoms with van der Waals surface area (Å²) in [7, 11) is 0. The van der Waals surface area contributed by atoms with Crippen molar-refractivity contribution in [2.24, 2.45) is 5.92 Å². The van der Waals surface area contributed by atoms with E-state index < -0.39 is 5.97 Å². The fraction of sp³-hybridized carbons (Fsp3) is 0.429. The highest BCUT2D eigenvalue weighted by Crippen LogP contribution is 2.31. The molecule has 0 aliphatic heterocycles. The Kier molecular flexibility index (Phi) is 5.19. The summed E-state index contributed by atoms with van der Waals surface area (Å²) in [6.07, 6.45) is 2.29. The molecule has 0 spiro atoms. The number of Topliss-reactive ketones (excluding diaryl/α,β-unsaturated/α-hetero) is 1. The van der Waals surface area contributed by atoms with Gasteiger partial charge in [-0.2, -0.15) is 0 Å². The molecule has 2 aromatic heterocycles. The Hall–Kier alpha value is -1.60. The highest BCUT2D eigenvalue weighted by molar-refractivity contribution is 7.20. The van der Waals surface area contributed by atoms with E-state index in [4.69, 9.17) is 5.11 Å². The first kappa shape index (κ1) is 15.8. The van der Waals surface area contributed by atoms with Gasteiger partial charge in [-0.05, 0) is 12.3 Å². The van der Waals surface area contributed by atoms with E-state index in [0.717, 1.165) is 21.3 Å². The molecule has 0 bridgehead atoms. The largest absolute Gasteiger partial charge is 0.481 e. The lowest BCUT2D eigenvalue weighted by Crippen LogP contribution is -2.07. The van der Waals surface area contributed by atoms with Crippen molar-refractivity contribution in [2.45, 2.75) is 33.1 Å². The summed E-state index contributed by atoms with van der Waals surface area (Å²) in [5.74, 6) is -0.767. The standard InChI is InChI=1S/C14H16N2O3S2/c1-8(2)7-10-12(9(17)3-4-11(18)19)16-14(21-10)13-15-5-6-20-13/h5-6,8H,3-4,7H2,1-2H3,(H,18,19). The Bertz CT molecular complexity index is 633. The lowest BCUT2D eigenvalue weighted by atomic mass is 10.1. The first-order chi connectivity index (χ1) is 9.97. The van der Waals surface area contributed by atoms with Crippen molar-refractivity contribution in [1.29, 1.82) is 0 Å². The van der Waals surface area contributed by atoms with Gasteiger partial charge in [-0.3, -0.25) is 9.59 Å². The predicted octanol–water partition coefficient (Wildman–Crippen LogP) is 3.51. The molecule has 1 N–H and O–H groups in total. The van der Waals surface area contributed by atoms with Crippen molar-refractivity contribution in [3.05, 3.63) is 22.1 Å². The molecule has 0 amide bonds. The van der Waals surface area contributed by atoms with Crippen LogP contribution in [0, 0.1) is 5.92 Å². The van der Waals surface area contributed by atoms with E-state index in [1.807, 2.05) is 5.38 Å². The zero-order chi connectivity index (χ0) is 15.4. The average molecular weight is 324 g/mol. The van der Waals surface area contributed by atoms with Crippen LogP contribution in [0.1, 0.15) is 42.1 Å². The maximum absolute atomic E-state index is 12.2. The van der Waals surface area contributed by atoms with E-state index in [2.05, 4.69) is 23.8 Å². The van der Waals surface area contributed by atoms with Crippen LogP contribution in [0.25, 0.3) is 10.0 Å². The summed E-state index contributed by atoms with van der Waals surface area (Å²) in [5, 5.41) is 12.1. The molecule has 2 aromatic rings. The van der Waals surface area contributed by atoms with Crippen LogP contribution in [0.3, 0.4) is 0 Å². The minimum atomic E-state index is -0.968. The molecule has 0 aliphatic rings. The summed E-state index contributed by atoms with van der Waals surface area (Å²) in [6, 6.07) is 0. The van der Waals surface area contributed by atoms with Crippen molar-refractivity contribution in [1.82, 2.24) is 9.97 Å². The maximum Gasteiger partial charge on any atom is 0.303 e. The summed E-state index contributed by atoms with van der Waals surface area (Å²) < 4.78 is 0. The van der Waals surface area contributed by atoms with Crippen LogP contribution in [-0.4, -0.2) is 26.8 Å². The van der Waals surface area contributed by atoms with Gasteiger partial charge in [0.05, 0.1) is 6.42 Å². The van der Waals surface area contributed by atoms with Crippen LogP contribution < -0.4 is 0 Å². The van der Waals surface area contributed by atoms with Gasteiger partial charge >= 0.3 is 5.97 Å². The normalized spacial score (nSPS) is 11.0. The fourth-order valence-corrected chi connectivity index (χ4v) is 3.81. The van der Waals surface area contributed by atoms with Gasteiger partial charge in [0.25, 0.3) is 0 Å². The van der Waals surface area contributed by atoms with E-state index in [1.54, 1.807) is 6.20 Å². The highest BCUT2D eigenvalue weighted by atomic mass is 32.1. The molecule has 0 aromatic carbocycles. The lowest BCUT2D eigenvalue weighted by molar-refractivity contribution is -0.136. The zero-order valence-electron chi connectivity index (χ0n) is 11.8. The number of thiazole rings is 2. The number of carbonyl (C=O) groups excluding carboxylic acids is 1. The summed E-state index contributed by atoms with van der Waals surface area (Å²) in [6.45, 7) is 4.16. The second kappa shape index (κ2) is 6.91. The predicted molar refractivity (Wildman–Crippen MR) is 83.0 cm³/mol. The molecular weight excluding hydrogens is 308 g/mol. The molecular formula is C14H16N2O3S2. The SMILES string of the molecule is CC(C)Cc1sc(-c2nccs2)nc1C(=O)CCC(=O)O. The Morgan fingerprint density at radius 2 is 2.05 bits per heavy atom. The monoisotopic (exact) mass is 324 g/mol. The van der Waals surface area contributed by atoms with E-state index in [1.165, 1.54) is 22.7 Å². The fourth-order valence-electron chi connectivity index (χ4n) is 1.84. The number of hydrogen-bond acceptors (Lipinski definition) is 6. The van der Waals surface area contributed by atoms with Gasteiger partial charge in [0.1, 0.15) is 5.69 Å². The van der Waals surface area contributed by atoms with Gasteiger partial charge in [0, 0.05) is 22.9 Å². The molecule has 0 atom stereocenters. The molecule has 5 nitrogen and oxygen atoms in total. The van der Waals surface area contributed by atoms with E-state index >= 15 is 0 Å². The van der Waals surface area contributed by atoms with Crippen molar-refractivity contribution in [3.8, 4) is 10.0 Å². The van der Waals surface area contributed by atoms with E-state index in [-0.39, 0.29) is 18.6 Å². The van der Waals surface area contributed by atoms with Crippen molar-refractivity contribution in [3.63, 3.8) is 0 Å². The van der Waals surface area contributed by atoms with E-state index in [9.17, 15) is 9.59 Å². The summed E-state index contributed by atoms with van der Waals surface area (Å²) in [4.78, 5) is 32.4. The van der Waals surface area contributed by atoms with Crippen LogP contribution in [0.15, 0.2) is 11.6 Å². The Balaban J connectivity index is 2.28. The van der Waals surface area contributed by atoms with Gasteiger partial charge in [-0.15, -0.1) is 22.7 Å². The first-order valence-corrected chi connectivity index (χ1v) is 8.31. The Morgan fingerprint density at radius 1 is 1.29 bits per heavy atom. The lowest BCUT2D eigenvalue weighted by Gasteiger charge is -2.03. The van der Waals surface area contributed by atoms with E-state index in [0.29, 0.717) is 11.6 Å². The van der Waals surface area contributed by atoms with Gasteiger partial charge < -0.3 is 5.11 Å². The molecule has 0 radical (unpaired) electrons. The van der Waals surface area contributed by atoms with Crippen LogP contribution in [-0.2, 0) is 11.2 Å². The zero-order valence-corrected chi connectivity index (χ0v) is 13.5. The molecule has 2 heterocycles.